The van der Waals surface area contributed by atoms with Crippen LogP contribution in [0.5, 0.6) is 0 Å². The average Bonchev–Trinajstić information content (AvgIpc) is 2.92. The third kappa shape index (κ3) is 2.94. The van der Waals surface area contributed by atoms with Crippen LogP contribution in [0.25, 0.3) is 0 Å². The van der Waals surface area contributed by atoms with Crippen molar-refractivity contribution in [3.63, 3.8) is 0 Å². The van der Waals surface area contributed by atoms with Crippen molar-refractivity contribution in [2.24, 2.45) is 34.5 Å². The van der Waals surface area contributed by atoms with Gasteiger partial charge in [0, 0.05) is 19.9 Å². The van der Waals surface area contributed by atoms with Gasteiger partial charge in [0.2, 0.25) is 11.8 Å². The van der Waals surface area contributed by atoms with Crippen LogP contribution in [0.2, 0.25) is 0 Å². The second-order valence-electron chi connectivity index (χ2n) is 10.1. The van der Waals surface area contributed by atoms with E-state index in [4.69, 9.17) is 0 Å². The molecule has 28 heavy (non-hydrogen) atoms. The topological polar surface area (TPSA) is 78.4 Å². The van der Waals surface area contributed by atoms with Crippen LogP contribution in [0.4, 0.5) is 0 Å². The molecule has 4 aliphatic rings. The molecule has 4 aliphatic carbocycles. The van der Waals surface area contributed by atoms with Crippen molar-refractivity contribution in [1.82, 2.24) is 10.6 Å². The van der Waals surface area contributed by atoms with Crippen LogP contribution >= 0.6 is 0 Å². The lowest BCUT2D eigenvalue weighted by molar-refractivity contribution is -0.127. The Bertz CT molecular complexity index is 731. The fourth-order valence-corrected chi connectivity index (χ4v) is 7.10. The molecule has 0 aromatic carbocycles. The fourth-order valence-electron chi connectivity index (χ4n) is 7.10. The first-order valence-electron chi connectivity index (χ1n) is 10.7. The Morgan fingerprint density at radius 1 is 1.04 bits per heavy atom. The highest BCUT2D eigenvalue weighted by atomic mass is 16.3. The van der Waals surface area contributed by atoms with Gasteiger partial charge in [-0.1, -0.05) is 38.2 Å². The van der Waals surface area contributed by atoms with Gasteiger partial charge >= 0.3 is 0 Å². The molecule has 3 N–H and O–H groups in total. The van der Waals surface area contributed by atoms with Gasteiger partial charge in [-0.2, -0.15) is 0 Å². The van der Waals surface area contributed by atoms with E-state index in [0.29, 0.717) is 23.7 Å². The summed E-state index contributed by atoms with van der Waals surface area (Å²) in [5, 5.41) is 16.6. The van der Waals surface area contributed by atoms with Gasteiger partial charge in [-0.3, -0.25) is 9.59 Å². The van der Waals surface area contributed by atoms with Crippen LogP contribution in [0.1, 0.15) is 53.4 Å². The molecule has 154 valence electrons. The average molecular weight is 387 g/mol. The third-order valence-corrected chi connectivity index (χ3v) is 8.49. The molecule has 0 spiro atoms. The number of nitrogens with one attached hydrogen (secondary N) is 2. The minimum absolute atomic E-state index is 0.00928. The maximum atomic E-state index is 12.0. The highest BCUT2D eigenvalue weighted by Crippen LogP contribution is 2.63. The molecule has 0 radical (unpaired) electrons. The van der Waals surface area contributed by atoms with E-state index in [9.17, 15) is 14.7 Å². The zero-order valence-corrected chi connectivity index (χ0v) is 17.4. The lowest BCUT2D eigenvalue weighted by atomic mass is 9.45. The highest BCUT2D eigenvalue weighted by Gasteiger charge is 2.61. The minimum Gasteiger partial charge on any atom is -0.389 e. The normalized spacial score (nSPS) is 49.0. The molecule has 5 nitrogen and oxygen atoms in total. The van der Waals surface area contributed by atoms with Gasteiger partial charge in [0.15, 0.2) is 0 Å². The Morgan fingerprint density at radius 3 is 2.43 bits per heavy atom. The van der Waals surface area contributed by atoms with Crippen molar-refractivity contribution >= 4 is 11.8 Å². The van der Waals surface area contributed by atoms with Gasteiger partial charge < -0.3 is 15.7 Å². The molecule has 0 aromatic rings. The first-order chi connectivity index (χ1) is 13.1. The van der Waals surface area contributed by atoms with Crippen molar-refractivity contribution in [3.8, 4) is 0 Å². The van der Waals surface area contributed by atoms with E-state index in [1.165, 1.54) is 0 Å². The van der Waals surface area contributed by atoms with Crippen LogP contribution in [0.15, 0.2) is 24.3 Å². The third-order valence-electron chi connectivity index (χ3n) is 8.49. The minimum atomic E-state index is -0.378. The molecule has 0 saturated heterocycles. The number of allylic oxidation sites excluding steroid dienone is 2. The molecule has 0 heterocycles. The van der Waals surface area contributed by atoms with Crippen LogP contribution in [-0.2, 0) is 9.59 Å². The molecule has 1 unspecified atom stereocenters. The quantitative estimate of drug-likeness (QED) is 0.638. The van der Waals surface area contributed by atoms with Gasteiger partial charge in [-0.25, -0.2) is 0 Å². The number of aliphatic hydroxyl groups excluding tert-OH is 1. The van der Waals surface area contributed by atoms with Gasteiger partial charge in [0.05, 0.1) is 12.1 Å². The van der Waals surface area contributed by atoms with Crippen LogP contribution in [0, 0.1) is 34.5 Å². The Labute approximate surface area is 168 Å². The number of fused-ring (bicyclic) bond motifs is 5. The zero-order chi connectivity index (χ0) is 20.3. The number of hydrogen-bond acceptors (Lipinski definition) is 3. The number of rotatable bonds is 2. The van der Waals surface area contributed by atoms with E-state index < -0.39 is 0 Å². The Balaban J connectivity index is 1.71. The van der Waals surface area contributed by atoms with E-state index in [1.54, 1.807) is 13.8 Å². The number of aliphatic hydroxyl groups is 1. The number of carbonyl (C=O) groups is 2. The molecule has 2 amide bonds. The van der Waals surface area contributed by atoms with Crippen LogP contribution in [0.3, 0.4) is 0 Å². The lowest BCUT2D eigenvalue weighted by Crippen LogP contribution is -2.62. The monoisotopic (exact) mass is 386 g/mol. The smallest absolute Gasteiger partial charge is 0.217 e. The molecule has 0 aromatic heterocycles. The first-order valence-corrected chi connectivity index (χ1v) is 10.7. The molecule has 2 saturated carbocycles. The van der Waals surface area contributed by atoms with Gasteiger partial charge in [-0.05, 0) is 60.2 Å². The molecule has 2 fully saturated rings. The predicted octanol–water partition coefficient (Wildman–Crippen LogP) is 2.56. The summed E-state index contributed by atoms with van der Waals surface area (Å²) in [5.41, 5.74) is 0.0464. The lowest BCUT2D eigenvalue weighted by Gasteiger charge is -2.61. The highest BCUT2D eigenvalue weighted by molar-refractivity contribution is 5.74. The number of amides is 2. The van der Waals surface area contributed by atoms with Crippen LogP contribution in [-0.4, -0.2) is 35.1 Å². The van der Waals surface area contributed by atoms with Crippen molar-refractivity contribution < 1.29 is 14.7 Å². The largest absolute Gasteiger partial charge is 0.389 e. The van der Waals surface area contributed by atoms with E-state index >= 15 is 0 Å². The van der Waals surface area contributed by atoms with E-state index in [-0.39, 0.29) is 40.8 Å². The zero-order valence-electron chi connectivity index (χ0n) is 17.4. The maximum Gasteiger partial charge on any atom is 0.217 e. The fraction of sp³-hybridized carbons (Fsp3) is 0.739. The molecule has 5 heteroatoms. The Morgan fingerprint density at radius 2 is 1.75 bits per heavy atom. The molecule has 9 atom stereocenters. The second-order valence-corrected chi connectivity index (χ2v) is 10.1. The second kappa shape index (κ2) is 6.72. The van der Waals surface area contributed by atoms with Gasteiger partial charge in [0.25, 0.3) is 0 Å². The van der Waals surface area contributed by atoms with E-state index in [1.807, 2.05) is 6.08 Å². The van der Waals surface area contributed by atoms with E-state index in [2.05, 4.69) is 42.7 Å². The van der Waals surface area contributed by atoms with Crippen molar-refractivity contribution in [2.45, 2.75) is 71.6 Å². The molecule has 0 bridgehead atoms. The summed E-state index contributed by atoms with van der Waals surface area (Å²) in [6.07, 6.45) is 12.2. The summed E-state index contributed by atoms with van der Waals surface area (Å²) in [5.74, 6) is 1.55. The Kier molecular flexibility index (Phi) is 4.72. The molecular formula is C23H34N2O3. The summed E-state index contributed by atoms with van der Waals surface area (Å²) in [6.45, 7) is 7.84. The Hall–Kier alpha value is -1.62. The number of hydrogen-bond donors (Lipinski definition) is 3. The van der Waals surface area contributed by atoms with Crippen molar-refractivity contribution in [2.75, 3.05) is 0 Å². The first kappa shape index (κ1) is 19.7. The van der Waals surface area contributed by atoms with E-state index in [0.717, 1.165) is 25.7 Å². The summed E-state index contributed by atoms with van der Waals surface area (Å²) in [6, 6.07) is 0.174. The summed E-state index contributed by atoms with van der Waals surface area (Å²) < 4.78 is 0. The molecule has 0 aliphatic heterocycles. The molecular weight excluding hydrogens is 352 g/mol. The summed E-state index contributed by atoms with van der Waals surface area (Å²) in [7, 11) is 0. The van der Waals surface area contributed by atoms with Crippen molar-refractivity contribution in [3.05, 3.63) is 24.3 Å². The van der Waals surface area contributed by atoms with Crippen LogP contribution < -0.4 is 10.6 Å². The van der Waals surface area contributed by atoms with Crippen molar-refractivity contribution in [1.29, 1.82) is 0 Å². The van der Waals surface area contributed by atoms with Gasteiger partial charge in [-0.15, -0.1) is 0 Å². The summed E-state index contributed by atoms with van der Waals surface area (Å²) in [4.78, 5) is 23.8. The standard InChI is InChI=1S/C23H34N2O3/c1-13(26)24-19-12-15-11-16(28)7-9-22(15,3)18-8-10-23(4)17(21(18)19)5-6-20(23)25-14(2)27/h5-7,9,15-21,28H,8,10-12H2,1-4H3,(H,24,26)(H,25,27)/t15-,16?,17-,18-,19-,20-,21-,22-,23-/m0/s1. The maximum absolute atomic E-state index is 12.0. The molecule has 4 rings (SSSR count). The summed E-state index contributed by atoms with van der Waals surface area (Å²) >= 11 is 0. The van der Waals surface area contributed by atoms with Gasteiger partial charge in [0.1, 0.15) is 0 Å². The SMILES string of the molecule is CC(=O)N[C@H]1C[C@@H]2CC(O)C=C[C@]2(C)[C@H]2CC[C@]3(C)[C@@H](NC(C)=O)C=C[C@H]3[C@H]12. The number of carbonyl (C=O) groups excluding carboxylic acids is 2. The predicted molar refractivity (Wildman–Crippen MR) is 108 cm³/mol.